The minimum Gasteiger partial charge on any atom is -0.333 e. The van der Waals surface area contributed by atoms with Crippen molar-refractivity contribution in [3.63, 3.8) is 0 Å². The molecule has 0 saturated carbocycles. The minimum atomic E-state index is 0.0809. The van der Waals surface area contributed by atoms with Gasteiger partial charge in [0.1, 0.15) is 17.9 Å². The van der Waals surface area contributed by atoms with Gasteiger partial charge in [-0.25, -0.2) is 0 Å². The van der Waals surface area contributed by atoms with E-state index in [0.29, 0.717) is 12.2 Å². The van der Waals surface area contributed by atoms with Crippen LogP contribution in [0.3, 0.4) is 0 Å². The van der Waals surface area contributed by atoms with Gasteiger partial charge >= 0.3 is 0 Å². The molecule has 0 aliphatic carbocycles. The molecule has 2 heteroatoms. The normalized spacial score (nSPS) is 26.4. The summed E-state index contributed by atoms with van der Waals surface area (Å²) in [5.74, 6) is 0.451. The second-order valence-electron chi connectivity index (χ2n) is 5.61. The lowest BCUT2D eigenvalue weighted by Gasteiger charge is -2.32. The molecule has 0 aromatic heterocycles. The van der Waals surface area contributed by atoms with Crippen LogP contribution in [0.5, 0.6) is 0 Å². The highest BCUT2D eigenvalue weighted by molar-refractivity contribution is 5.82. The predicted octanol–water partition coefficient (Wildman–Crippen LogP) is 2.64. The molecule has 2 nitrogen and oxygen atoms in total. The summed E-state index contributed by atoms with van der Waals surface area (Å²) in [5.41, 5.74) is 2.49. The Hall–Kier alpha value is -1.93. The van der Waals surface area contributed by atoms with E-state index in [4.69, 9.17) is 0 Å². The first-order valence-electron chi connectivity index (χ1n) is 7.23. The second-order valence-corrected chi connectivity index (χ2v) is 5.61. The molecule has 1 heterocycles. The molecule has 0 radical (unpaired) electrons. The summed E-state index contributed by atoms with van der Waals surface area (Å²) in [6.07, 6.45) is 0.633. The van der Waals surface area contributed by atoms with E-state index in [1.807, 2.05) is 36.4 Å². The molecule has 2 aromatic carbocycles. The fourth-order valence-corrected chi connectivity index (χ4v) is 3.09. The number of rotatable bonds is 2. The van der Waals surface area contributed by atoms with Gasteiger partial charge in [-0.05, 0) is 6.92 Å². The van der Waals surface area contributed by atoms with E-state index in [9.17, 15) is 4.79 Å². The lowest BCUT2D eigenvalue weighted by Crippen LogP contribution is -2.90. The molecule has 0 unspecified atom stereocenters. The van der Waals surface area contributed by atoms with E-state index < -0.39 is 0 Å². The van der Waals surface area contributed by atoms with Crippen LogP contribution < -0.4 is 5.32 Å². The highest BCUT2D eigenvalue weighted by atomic mass is 16.1. The molecule has 3 rings (SSSR count). The van der Waals surface area contributed by atoms with E-state index in [1.54, 1.807) is 0 Å². The van der Waals surface area contributed by atoms with Crippen LogP contribution in [-0.4, -0.2) is 5.78 Å². The van der Waals surface area contributed by atoms with Gasteiger partial charge in [-0.3, -0.25) is 4.79 Å². The first kappa shape index (κ1) is 13.1. The van der Waals surface area contributed by atoms with Gasteiger partial charge in [-0.15, -0.1) is 0 Å². The smallest absolute Gasteiger partial charge is 0.148 e. The Balaban J connectivity index is 1.89. The van der Waals surface area contributed by atoms with Crippen LogP contribution in [-0.2, 0) is 4.79 Å². The van der Waals surface area contributed by atoms with Gasteiger partial charge in [0, 0.05) is 11.1 Å². The number of Topliss-reactive ketones (excluding diaryl/α,β-unsaturated/α-hetero) is 1. The molecule has 1 fully saturated rings. The predicted molar refractivity (Wildman–Crippen MR) is 79.1 cm³/mol. The van der Waals surface area contributed by atoms with Crippen molar-refractivity contribution >= 4 is 5.78 Å². The summed E-state index contributed by atoms with van der Waals surface area (Å²) < 4.78 is 0. The van der Waals surface area contributed by atoms with E-state index in [0.717, 1.165) is 0 Å². The average molecular weight is 266 g/mol. The maximum atomic E-state index is 12.3. The molecule has 3 atom stereocenters. The number of benzene rings is 2. The number of carbonyl (C=O) groups excluding carboxylic acids is 1. The van der Waals surface area contributed by atoms with Crippen molar-refractivity contribution < 1.29 is 10.1 Å². The first-order valence-corrected chi connectivity index (χ1v) is 7.23. The maximum Gasteiger partial charge on any atom is 0.148 e. The number of ketones is 1. The lowest BCUT2D eigenvalue weighted by atomic mass is 9.82. The van der Waals surface area contributed by atoms with Gasteiger partial charge in [0.05, 0.1) is 12.3 Å². The average Bonchev–Trinajstić information content (AvgIpc) is 2.51. The lowest BCUT2D eigenvalue weighted by molar-refractivity contribution is -0.742. The summed E-state index contributed by atoms with van der Waals surface area (Å²) in [6, 6.07) is 21.2. The van der Waals surface area contributed by atoms with Gasteiger partial charge in [-0.2, -0.15) is 0 Å². The third-order valence-corrected chi connectivity index (χ3v) is 4.32. The summed E-state index contributed by atoms with van der Waals surface area (Å²) in [4.78, 5) is 12.3. The molecule has 20 heavy (non-hydrogen) atoms. The molecular formula is C18H20NO+. The highest BCUT2D eigenvalue weighted by Crippen LogP contribution is 2.28. The Morgan fingerprint density at radius 3 is 2.05 bits per heavy atom. The van der Waals surface area contributed by atoms with Crippen LogP contribution in [0.25, 0.3) is 0 Å². The van der Waals surface area contributed by atoms with E-state index in [1.165, 1.54) is 11.1 Å². The van der Waals surface area contributed by atoms with Crippen LogP contribution in [0.1, 0.15) is 36.6 Å². The van der Waals surface area contributed by atoms with Crippen molar-refractivity contribution in [1.29, 1.82) is 0 Å². The Morgan fingerprint density at radius 1 is 0.900 bits per heavy atom. The summed E-state index contributed by atoms with van der Waals surface area (Å²) in [5, 5.41) is 2.36. The first-order chi connectivity index (χ1) is 9.75. The van der Waals surface area contributed by atoms with Gasteiger partial charge < -0.3 is 5.32 Å². The van der Waals surface area contributed by atoms with Gasteiger partial charge in [-0.1, -0.05) is 60.7 Å². The van der Waals surface area contributed by atoms with E-state index in [-0.39, 0.29) is 18.0 Å². The van der Waals surface area contributed by atoms with Gasteiger partial charge in [0.15, 0.2) is 0 Å². The van der Waals surface area contributed by atoms with Crippen LogP contribution in [0, 0.1) is 5.92 Å². The molecule has 0 spiro atoms. The zero-order valence-electron chi connectivity index (χ0n) is 11.7. The zero-order valence-corrected chi connectivity index (χ0v) is 11.7. The fraction of sp³-hybridized carbons (Fsp3) is 0.278. The molecule has 2 N–H and O–H groups in total. The molecule has 102 valence electrons. The fourth-order valence-electron chi connectivity index (χ4n) is 3.09. The Bertz CT molecular complexity index is 579. The molecule has 0 bridgehead atoms. The van der Waals surface area contributed by atoms with Crippen molar-refractivity contribution in [2.24, 2.45) is 5.92 Å². The Kier molecular flexibility index (Phi) is 3.66. The monoisotopic (exact) mass is 266 g/mol. The topological polar surface area (TPSA) is 33.7 Å². The van der Waals surface area contributed by atoms with Crippen LogP contribution >= 0.6 is 0 Å². The van der Waals surface area contributed by atoms with Crippen molar-refractivity contribution in [3.8, 4) is 0 Å². The number of carbonyl (C=O) groups is 1. The van der Waals surface area contributed by atoms with Crippen molar-refractivity contribution in [2.75, 3.05) is 0 Å². The summed E-state index contributed by atoms with van der Waals surface area (Å²) in [7, 11) is 0. The quantitative estimate of drug-likeness (QED) is 0.890. The molecular weight excluding hydrogens is 246 g/mol. The standard InChI is InChI=1S/C18H19NO/c1-13-17(20)12-16(14-8-4-2-5-9-14)19-18(13)15-10-6-3-7-11-15/h2-11,13,16,18-19H,12H2,1H3/p+1/t13-,16+,18+/m1/s1. The number of hydrogen-bond acceptors (Lipinski definition) is 1. The van der Waals surface area contributed by atoms with Crippen LogP contribution in [0.4, 0.5) is 0 Å². The largest absolute Gasteiger partial charge is 0.333 e. The molecule has 1 saturated heterocycles. The number of quaternary nitrogens is 1. The third kappa shape index (κ3) is 2.52. The molecule has 1 aliphatic rings. The Morgan fingerprint density at radius 2 is 1.45 bits per heavy atom. The molecule has 0 amide bonds. The van der Waals surface area contributed by atoms with Crippen LogP contribution in [0.15, 0.2) is 60.7 Å². The highest BCUT2D eigenvalue weighted by Gasteiger charge is 2.38. The van der Waals surface area contributed by atoms with E-state index in [2.05, 4.69) is 36.5 Å². The van der Waals surface area contributed by atoms with Gasteiger partial charge in [0.25, 0.3) is 0 Å². The van der Waals surface area contributed by atoms with Crippen molar-refractivity contribution in [2.45, 2.75) is 25.4 Å². The van der Waals surface area contributed by atoms with Crippen molar-refractivity contribution in [3.05, 3.63) is 71.8 Å². The molecule has 1 aliphatic heterocycles. The van der Waals surface area contributed by atoms with Gasteiger partial charge in [0.2, 0.25) is 0 Å². The summed E-state index contributed by atoms with van der Waals surface area (Å²) in [6.45, 7) is 2.05. The summed E-state index contributed by atoms with van der Waals surface area (Å²) >= 11 is 0. The van der Waals surface area contributed by atoms with Crippen molar-refractivity contribution in [1.82, 2.24) is 0 Å². The number of piperidine rings is 1. The maximum absolute atomic E-state index is 12.3. The zero-order chi connectivity index (χ0) is 13.9. The SMILES string of the molecule is C[C@@H]1C(=O)C[C@@H](c2ccccc2)[NH2+][C@@H]1c1ccccc1. The minimum absolute atomic E-state index is 0.0809. The van der Waals surface area contributed by atoms with E-state index >= 15 is 0 Å². The number of hydrogen-bond donors (Lipinski definition) is 1. The van der Waals surface area contributed by atoms with Crippen LogP contribution in [0.2, 0.25) is 0 Å². The number of nitrogens with two attached hydrogens (primary N) is 1. The third-order valence-electron chi connectivity index (χ3n) is 4.32. The second kappa shape index (κ2) is 5.59. The molecule has 2 aromatic rings. The Labute approximate surface area is 119 Å².